The molecule has 1 aliphatic rings. The first-order valence-electron chi connectivity index (χ1n) is 6.51. The normalized spacial score (nSPS) is 13.5. The van der Waals surface area contributed by atoms with E-state index >= 15 is 0 Å². The van der Waals surface area contributed by atoms with Gasteiger partial charge in [0.15, 0.2) is 5.82 Å². The number of hydrogen-bond acceptors (Lipinski definition) is 4. The maximum Gasteiger partial charge on any atom is 0.161 e. The van der Waals surface area contributed by atoms with Crippen molar-refractivity contribution in [1.82, 2.24) is 9.97 Å². The molecule has 4 heteroatoms. The van der Waals surface area contributed by atoms with E-state index in [4.69, 9.17) is 10.5 Å². The zero-order chi connectivity index (χ0) is 13.2. The van der Waals surface area contributed by atoms with Gasteiger partial charge in [-0.05, 0) is 24.8 Å². The number of ether oxygens (including phenoxy) is 1. The molecule has 0 fully saturated rings. The molecule has 0 bridgehead atoms. The van der Waals surface area contributed by atoms with Gasteiger partial charge in [-0.3, -0.25) is 0 Å². The van der Waals surface area contributed by atoms with Crippen LogP contribution in [0.4, 0.5) is 5.82 Å². The Kier molecular flexibility index (Phi) is 3.17. The Morgan fingerprint density at radius 2 is 1.95 bits per heavy atom. The highest BCUT2D eigenvalue weighted by atomic mass is 16.5. The summed E-state index contributed by atoms with van der Waals surface area (Å²) in [5.74, 6) is 1.36. The summed E-state index contributed by atoms with van der Waals surface area (Å²) in [6, 6.07) is 8.10. The first-order valence-corrected chi connectivity index (χ1v) is 6.51. The van der Waals surface area contributed by atoms with Crippen LogP contribution in [0.15, 0.2) is 24.3 Å². The second-order valence-electron chi connectivity index (χ2n) is 4.84. The molecule has 0 saturated heterocycles. The third kappa shape index (κ3) is 2.31. The fourth-order valence-corrected chi connectivity index (χ4v) is 2.51. The minimum absolute atomic E-state index is 0.619. The van der Waals surface area contributed by atoms with Crippen LogP contribution in [-0.4, -0.2) is 17.1 Å². The molecule has 0 aliphatic heterocycles. The fourth-order valence-electron chi connectivity index (χ4n) is 2.51. The molecule has 0 spiro atoms. The summed E-state index contributed by atoms with van der Waals surface area (Å²) in [5, 5.41) is 0. The standard InChI is InChI=1S/C15H17N3O/c1-19-9-10-5-7-11(8-6-10)15-17-13-4-2-3-12(13)14(16)18-15/h5-8H,2-4,9H2,1H3,(H2,16,17,18). The second kappa shape index (κ2) is 4.97. The molecule has 2 N–H and O–H groups in total. The van der Waals surface area contributed by atoms with Crippen LogP contribution in [0.2, 0.25) is 0 Å². The van der Waals surface area contributed by atoms with Gasteiger partial charge in [-0.2, -0.15) is 0 Å². The van der Waals surface area contributed by atoms with E-state index in [1.54, 1.807) is 7.11 Å². The van der Waals surface area contributed by atoms with Gasteiger partial charge in [-0.15, -0.1) is 0 Å². The molecule has 19 heavy (non-hydrogen) atoms. The Labute approximate surface area is 112 Å². The van der Waals surface area contributed by atoms with Crippen LogP contribution in [0.25, 0.3) is 11.4 Å². The minimum Gasteiger partial charge on any atom is -0.383 e. The summed E-state index contributed by atoms with van der Waals surface area (Å²) in [6.45, 7) is 0.619. The molecule has 1 heterocycles. The molecular formula is C15H17N3O. The van der Waals surface area contributed by atoms with E-state index in [-0.39, 0.29) is 0 Å². The van der Waals surface area contributed by atoms with Gasteiger partial charge in [0.25, 0.3) is 0 Å². The van der Waals surface area contributed by atoms with Crippen LogP contribution < -0.4 is 5.73 Å². The molecular weight excluding hydrogens is 238 g/mol. The van der Waals surface area contributed by atoms with Gasteiger partial charge in [-0.25, -0.2) is 9.97 Å². The van der Waals surface area contributed by atoms with Crippen LogP contribution >= 0.6 is 0 Å². The third-order valence-corrected chi connectivity index (χ3v) is 3.49. The minimum atomic E-state index is 0.619. The van der Waals surface area contributed by atoms with Gasteiger partial charge in [0.1, 0.15) is 5.82 Å². The number of aryl methyl sites for hydroxylation is 1. The third-order valence-electron chi connectivity index (χ3n) is 3.49. The Morgan fingerprint density at radius 3 is 2.68 bits per heavy atom. The second-order valence-corrected chi connectivity index (χ2v) is 4.84. The topological polar surface area (TPSA) is 61.0 Å². The van der Waals surface area contributed by atoms with Crippen molar-refractivity contribution in [2.75, 3.05) is 12.8 Å². The predicted molar refractivity (Wildman–Crippen MR) is 74.6 cm³/mol. The number of fused-ring (bicyclic) bond motifs is 1. The largest absolute Gasteiger partial charge is 0.383 e. The zero-order valence-electron chi connectivity index (χ0n) is 11.0. The SMILES string of the molecule is COCc1ccc(-c2nc(N)c3c(n2)CCC3)cc1. The van der Waals surface area contributed by atoms with Crippen molar-refractivity contribution in [2.24, 2.45) is 0 Å². The molecule has 98 valence electrons. The molecule has 4 nitrogen and oxygen atoms in total. The highest BCUT2D eigenvalue weighted by Gasteiger charge is 2.18. The Hall–Kier alpha value is -1.94. The lowest BCUT2D eigenvalue weighted by Gasteiger charge is -2.07. The number of nitrogen functional groups attached to an aromatic ring is 1. The molecule has 3 rings (SSSR count). The van der Waals surface area contributed by atoms with E-state index in [2.05, 4.69) is 9.97 Å². The van der Waals surface area contributed by atoms with Crippen molar-refractivity contribution >= 4 is 5.82 Å². The summed E-state index contributed by atoms with van der Waals surface area (Å²) in [5.41, 5.74) is 10.4. The van der Waals surface area contributed by atoms with Crippen molar-refractivity contribution in [3.05, 3.63) is 41.1 Å². The Balaban J connectivity index is 1.96. The number of rotatable bonds is 3. The number of anilines is 1. The summed E-state index contributed by atoms with van der Waals surface area (Å²) < 4.78 is 5.10. The van der Waals surface area contributed by atoms with Crippen molar-refractivity contribution in [3.8, 4) is 11.4 Å². The Morgan fingerprint density at radius 1 is 1.16 bits per heavy atom. The summed E-state index contributed by atoms with van der Waals surface area (Å²) in [4.78, 5) is 9.06. The molecule has 1 aromatic carbocycles. The van der Waals surface area contributed by atoms with E-state index in [0.717, 1.165) is 47.5 Å². The summed E-state index contributed by atoms with van der Waals surface area (Å²) in [6.07, 6.45) is 3.15. The van der Waals surface area contributed by atoms with Crippen LogP contribution in [-0.2, 0) is 24.2 Å². The van der Waals surface area contributed by atoms with Gasteiger partial charge in [0.05, 0.1) is 6.61 Å². The van der Waals surface area contributed by atoms with E-state index < -0.39 is 0 Å². The summed E-state index contributed by atoms with van der Waals surface area (Å²) >= 11 is 0. The molecule has 0 amide bonds. The fraction of sp³-hybridized carbons (Fsp3) is 0.333. The average Bonchev–Trinajstić information content (AvgIpc) is 2.89. The van der Waals surface area contributed by atoms with Gasteiger partial charge in [0, 0.05) is 23.9 Å². The molecule has 0 atom stereocenters. The number of methoxy groups -OCH3 is 1. The molecule has 0 saturated carbocycles. The average molecular weight is 255 g/mol. The highest BCUT2D eigenvalue weighted by Crippen LogP contribution is 2.27. The lowest BCUT2D eigenvalue weighted by atomic mass is 10.1. The van der Waals surface area contributed by atoms with Crippen molar-refractivity contribution < 1.29 is 4.74 Å². The maximum atomic E-state index is 6.02. The lowest BCUT2D eigenvalue weighted by molar-refractivity contribution is 0.185. The maximum absolute atomic E-state index is 6.02. The first-order chi connectivity index (χ1) is 9.28. The number of nitrogens with two attached hydrogens (primary N) is 1. The van der Waals surface area contributed by atoms with Gasteiger partial charge in [0.2, 0.25) is 0 Å². The monoisotopic (exact) mass is 255 g/mol. The molecule has 0 radical (unpaired) electrons. The molecule has 1 aromatic heterocycles. The quantitative estimate of drug-likeness (QED) is 0.914. The van der Waals surface area contributed by atoms with E-state index in [1.165, 1.54) is 0 Å². The zero-order valence-corrected chi connectivity index (χ0v) is 11.0. The Bertz CT molecular complexity index is 593. The number of hydrogen-bond donors (Lipinski definition) is 1. The predicted octanol–water partition coefficient (Wildman–Crippen LogP) is 2.36. The smallest absolute Gasteiger partial charge is 0.161 e. The summed E-state index contributed by atoms with van der Waals surface area (Å²) in [7, 11) is 1.69. The van der Waals surface area contributed by atoms with E-state index in [1.807, 2.05) is 24.3 Å². The van der Waals surface area contributed by atoms with Crippen LogP contribution in [0, 0.1) is 0 Å². The number of nitrogens with zero attached hydrogens (tertiary/aromatic N) is 2. The van der Waals surface area contributed by atoms with Crippen LogP contribution in [0.5, 0.6) is 0 Å². The van der Waals surface area contributed by atoms with Gasteiger partial charge >= 0.3 is 0 Å². The van der Waals surface area contributed by atoms with Gasteiger partial charge < -0.3 is 10.5 Å². The van der Waals surface area contributed by atoms with Crippen molar-refractivity contribution in [3.63, 3.8) is 0 Å². The van der Waals surface area contributed by atoms with Crippen molar-refractivity contribution in [2.45, 2.75) is 25.9 Å². The van der Waals surface area contributed by atoms with Crippen molar-refractivity contribution in [1.29, 1.82) is 0 Å². The number of benzene rings is 1. The van der Waals surface area contributed by atoms with Crippen LogP contribution in [0.3, 0.4) is 0 Å². The lowest BCUT2D eigenvalue weighted by Crippen LogP contribution is -2.02. The molecule has 2 aromatic rings. The van der Waals surface area contributed by atoms with E-state index in [0.29, 0.717) is 12.4 Å². The highest BCUT2D eigenvalue weighted by molar-refractivity contribution is 5.59. The number of aromatic nitrogens is 2. The van der Waals surface area contributed by atoms with Gasteiger partial charge in [-0.1, -0.05) is 24.3 Å². The van der Waals surface area contributed by atoms with E-state index in [9.17, 15) is 0 Å². The molecule has 0 unspecified atom stereocenters. The first kappa shape index (κ1) is 12.1. The van der Waals surface area contributed by atoms with Crippen LogP contribution in [0.1, 0.15) is 23.2 Å². The molecule has 1 aliphatic carbocycles.